The van der Waals surface area contributed by atoms with Crippen LogP contribution in [0.1, 0.15) is 0 Å². The number of rotatable bonds is 1. The molecule has 0 bridgehead atoms. The van der Waals surface area contributed by atoms with Gasteiger partial charge >= 0.3 is 11.3 Å². The molecule has 1 aromatic heterocycles. The molecule has 0 saturated carbocycles. The predicted molar refractivity (Wildman–Crippen MR) is 27.5 cm³/mol. The van der Waals surface area contributed by atoms with Crippen LogP contribution in [-0.4, -0.2) is 24.9 Å². The van der Waals surface area contributed by atoms with Crippen LogP contribution in [0, 0.1) is 0 Å². The summed E-state index contributed by atoms with van der Waals surface area (Å²) < 4.78 is 25.1. The zero-order valence-corrected chi connectivity index (χ0v) is 5.75. The van der Waals surface area contributed by atoms with E-state index in [1.54, 1.807) is 0 Å². The minimum Gasteiger partial charge on any atom is -0.376 e. The highest BCUT2D eigenvalue weighted by atomic mass is 32.2. The van der Waals surface area contributed by atoms with E-state index in [1.165, 1.54) is 0 Å². The summed E-state index contributed by atoms with van der Waals surface area (Å²) in [7, 11) is -3.52. The lowest BCUT2D eigenvalue weighted by Gasteiger charge is -1.82. The molecule has 1 radical (unpaired) electrons. The average Bonchev–Trinajstić information content (AvgIpc) is 2.11. The highest BCUT2D eigenvalue weighted by Gasteiger charge is 2.16. The van der Waals surface area contributed by atoms with Gasteiger partial charge in [0.2, 0.25) is 9.84 Å². The molecule has 1 aromatic rings. The second-order valence-electron chi connectivity index (χ2n) is 1.61. The van der Waals surface area contributed by atoms with Gasteiger partial charge in [0.25, 0.3) is 0 Å². The quantitative estimate of drug-likeness (QED) is 0.562. The second-order valence-corrected chi connectivity index (χ2v) is 3.50. The molecule has 0 aliphatic rings. The number of nitrogens with zero attached hydrogens (tertiary/aromatic N) is 2. The lowest BCUT2D eigenvalue weighted by atomic mass is 11.4. The van der Waals surface area contributed by atoms with Gasteiger partial charge in [0.05, 0.1) is 0 Å². The third kappa shape index (κ3) is 1.24. The molecule has 55 valence electrons. The summed E-state index contributed by atoms with van der Waals surface area (Å²) in [5.41, 5.74) is 0. The fourth-order valence-electron chi connectivity index (χ4n) is 0.347. The lowest BCUT2D eigenvalue weighted by molar-refractivity contribution is 0.216. The molecule has 0 N–H and O–H groups in total. The highest BCUT2D eigenvalue weighted by molar-refractivity contribution is 7.90. The van der Waals surface area contributed by atoms with Gasteiger partial charge in [-0.15, -0.1) is 0 Å². The van der Waals surface area contributed by atoms with Crippen molar-refractivity contribution in [1.29, 1.82) is 0 Å². The third-order valence-corrected chi connectivity index (χ3v) is 1.50. The summed E-state index contributed by atoms with van der Waals surface area (Å²) in [4.78, 5) is 0. The van der Waals surface area contributed by atoms with E-state index in [0.717, 1.165) is 6.26 Å². The summed E-state index contributed by atoms with van der Waals surface area (Å²) in [5.74, 6) is 0. The van der Waals surface area contributed by atoms with Gasteiger partial charge in [-0.3, -0.25) is 0 Å². The Hall–Kier alpha value is -1.11. The van der Waals surface area contributed by atoms with Crippen LogP contribution in [0.4, 0.5) is 0 Å². The van der Waals surface area contributed by atoms with E-state index < -0.39 is 21.1 Å². The summed E-state index contributed by atoms with van der Waals surface area (Å²) in [5, 5.41) is 15.3. The predicted octanol–water partition coefficient (Wildman–Crippen LogP) is -0.383. The normalized spacial score (nSPS) is 11.7. The Balaban J connectivity index is 3.21. The van der Waals surface area contributed by atoms with E-state index in [0.29, 0.717) is 0 Å². The van der Waals surface area contributed by atoms with Crippen molar-refractivity contribution in [2.75, 3.05) is 6.26 Å². The molecule has 0 atom stereocenters. The maximum Gasteiger partial charge on any atom is 0.459 e. The lowest BCUT2D eigenvalue weighted by Crippen LogP contribution is -1.96. The zero-order valence-electron chi connectivity index (χ0n) is 4.94. The molecule has 0 saturated heterocycles. The van der Waals surface area contributed by atoms with Crippen molar-refractivity contribution >= 4 is 9.84 Å². The maximum absolute atomic E-state index is 10.5. The molecular weight excluding hydrogens is 160 g/mol. The first kappa shape index (κ1) is 7.00. The highest BCUT2D eigenvalue weighted by Crippen LogP contribution is 2.10. The smallest absolute Gasteiger partial charge is 0.376 e. The SMILES string of the molecule is CS(=O)(=O)c1nnc([O])o1. The molecule has 7 heteroatoms. The van der Waals surface area contributed by atoms with Crippen molar-refractivity contribution in [2.45, 2.75) is 5.22 Å². The average molecular weight is 163 g/mol. The van der Waals surface area contributed by atoms with Crippen molar-refractivity contribution in [1.82, 2.24) is 10.2 Å². The van der Waals surface area contributed by atoms with Crippen LogP contribution in [0.2, 0.25) is 0 Å². The summed E-state index contributed by atoms with van der Waals surface area (Å²) in [6.07, 6.45) is -0.125. The molecule has 1 rings (SSSR count). The van der Waals surface area contributed by atoms with Crippen LogP contribution in [0.25, 0.3) is 0 Å². The minimum atomic E-state index is -3.52. The standard InChI is InChI=1S/C3H3N2O4S/c1-10(7,8)3-5-4-2(6)9-3/h1H3. The summed E-state index contributed by atoms with van der Waals surface area (Å²) in [6.45, 7) is 0. The van der Waals surface area contributed by atoms with Crippen molar-refractivity contribution in [3.05, 3.63) is 0 Å². The fourth-order valence-corrected chi connectivity index (χ4v) is 0.759. The van der Waals surface area contributed by atoms with E-state index in [2.05, 4.69) is 14.6 Å². The Kier molecular flexibility index (Phi) is 1.36. The van der Waals surface area contributed by atoms with Crippen molar-refractivity contribution in [3.63, 3.8) is 0 Å². The van der Waals surface area contributed by atoms with E-state index in [9.17, 15) is 13.5 Å². The molecule has 6 nitrogen and oxygen atoms in total. The van der Waals surface area contributed by atoms with Gasteiger partial charge in [-0.2, -0.15) is 0 Å². The van der Waals surface area contributed by atoms with Gasteiger partial charge in [-0.1, -0.05) is 10.2 Å². The van der Waals surface area contributed by atoms with E-state index in [1.807, 2.05) is 0 Å². The zero-order chi connectivity index (χ0) is 7.78. The van der Waals surface area contributed by atoms with Crippen molar-refractivity contribution in [3.8, 4) is 6.08 Å². The number of sulfone groups is 1. The van der Waals surface area contributed by atoms with Gasteiger partial charge in [-0.05, 0) is 0 Å². The fraction of sp³-hybridized carbons (Fsp3) is 0.333. The number of hydrogen-bond donors (Lipinski definition) is 0. The monoisotopic (exact) mass is 163 g/mol. The van der Waals surface area contributed by atoms with Crippen molar-refractivity contribution < 1.29 is 17.9 Å². The molecule has 0 amide bonds. The van der Waals surface area contributed by atoms with Crippen LogP contribution < -0.4 is 0 Å². The number of aromatic nitrogens is 2. The molecule has 0 aliphatic carbocycles. The maximum atomic E-state index is 10.5. The van der Waals surface area contributed by atoms with Gasteiger partial charge in [0.1, 0.15) is 0 Å². The molecule has 0 fully saturated rings. The summed E-state index contributed by atoms with van der Waals surface area (Å²) >= 11 is 0. The van der Waals surface area contributed by atoms with Crippen LogP contribution in [-0.2, 0) is 14.9 Å². The van der Waals surface area contributed by atoms with Gasteiger partial charge in [0, 0.05) is 6.26 Å². The molecule has 1 heterocycles. The first-order valence-electron chi connectivity index (χ1n) is 2.21. The minimum absolute atomic E-state index is 0.641. The van der Waals surface area contributed by atoms with Gasteiger partial charge < -0.3 is 4.42 Å². The van der Waals surface area contributed by atoms with Gasteiger partial charge in [-0.25, -0.2) is 13.5 Å². The molecule has 0 aromatic carbocycles. The Morgan fingerprint density at radius 1 is 1.40 bits per heavy atom. The van der Waals surface area contributed by atoms with Crippen molar-refractivity contribution in [2.24, 2.45) is 0 Å². The first-order chi connectivity index (χ1) is 4.50. The molecule has 0 spiro atoms. The first-order valence-corrected chi connectivity index (χ1v) is 4.10. The molecule has 0 aliphatic heterocycles. The Morgan fingerprint density at radius 2 is 2.00 bits per heavy atom. The summed E-state index contributed by atoms with van der Waals surface area (Å²) in [6, 6.07) is 0. The second kappa shape index (κ2) is 1.94. The molecule has 10 heavy (non-hydrogen) atoms. The van der Waals surface area contributed by atoms with Crippen LogP contribution in [0.15, 0.2) is 9.64 Å². The topological polar surface area (TPSA) is 93.0 Å². The van der Waals surface area contributed by atoms with E-state index in [-0.39, 0.29) is 0 Å². The van der Waals surface area contributed by atoms with Gasteiger partial charge in [0.15, 0.2) is 0 Å². The molecular formula is C3H3N2O4S. The third-order valence-electron chi connectivity index (χ3n) is 0.705. The Morgan fingerprint density at radius 3 is 2.20 bits per heavy atom. The van der Waals surface area contributed by atoms with Crippen LogP contribution in [0.5, 0.6) is 6.08 Å². The largest absolute Gasteiger partial charge is 0.459 e. The van der Waals surface area contributed by atoms with Crippen LogP contribution in [0.3, 0.4) is 0 Å². The van der Waals surface area contributed by atoms with E-state index in [4.69, 9.17) is 0 Å². The Labute approximate surface area is 56.4 Å². The number of hydrogen-bond acceptors (Lipinski definition) is 5. The Bertz CT molecular complexity index is 326. The van der Waals surface area contributed by atoms with Crippen LogP contribution >= 0.6 is 0 Å². The molecule has 0 unspecified atom stereocenters. The van der Waals surface area contributed by atoms with E-state index >= 15 is 0 Å².